The zero-order chi connectivity index (χ0) is 22.3. The van der Waals surface area contributed by atoms with Crippen LogP contribution in [0.15, 0.2) is 42.5 Å². The van der Waals surface area contributed by atoms with Gasteiger partial charge in [-0.1, -0.05) is 11.6 Å². The van der Waals surface area contributed by atoms with Gasteiger partial charge in [-0.2, -0.15) is 0 Å². The molecule has 30 heavy (non-hydrogen) atoms. The third-order valence-corrected chi connectivity index (χ3v) is 4.99. The van der Waals surface area contributed by atoms with E-state index in [9.17, 15) is 14.7 Å². The molecule has 1 heterocycles. The number of fused-ring (bicyclic) bond motifs is 1. The molecule has 0 saturated heterocycles. The molecule has 2 aromatic carbocycles. The maximum atomic E-state index is 13.0. The number of quaternary nitrogens is 1. The number of carboxylic acid groups (broad SMARTS) is 1. The van der Waals surface area contributed by atoms with Crippen LogP contribution >= 0.6 is 11.6 Å². The SMILES string of the molecule is CC[NH2+]CC.COc1ccc2c(c1)c(CC(=O)[O-])c(C)n2C(=O)c1ccc(Cl)cc1. The van der Waals surface area contributed by atoms with Crippen LogP contribution in [0.5, 0.6) is 5.75 Å². The molecule has 0 radical (unpaired) electrons. The predicted octanol–water partition coefficient (Wildman–Crippen LogP) is 2.18. The van der Waals surface area contributed by atoms with E-state index in [0.717, 1.165) is 0 Å². The molecule has 0 fully saturated rings. The molecule has 2 N–H and O–H groups in total. The van der Waals surface area contributed by atoms with Crippen LogP contribution in [0.3, 0.4) is 0 Å². The van der Waals surface area contributed by atoms with Gasteiger partial charge in [-0.05, 0) is 68.8 Å². The van der Waals surface area contributed by atoms with Crippen LogP contribution < -0.4 is 15.2 Å². The van der Waals surface area contributed by atoms with E-state index in [1.165, 1.54) is 24.8 Å². The first kappa shape index (κ1) is 23.4. The van der Waals surface area contributed by atoms with Crippen molar-refractivity contribution in [1.82, 2.24) is 4.57 Å². The third kappa shape index (κ3) is 5.40. The molecule has 0 aliphatic rings. The summed E-state index contributed by atoms with van der Waals surface area (Å²) in [5.74, 6) is -0.874. The van der Waals surface area contributed by atoms with Gasteiger partial charge in [-0.3, -0.25) is 9.36 Å². The largest absolute Gasteiger partial charge is 0.550 e. The lowest BCUT2D eigenvalue weighted by atomic mass is 10.1. The fourth-order valence-electron chi connectivity index (χ4n) is 3.23. The van der Waals surface area contributed by atoms with Gasteiger partial charge in [0.2, 0.25) is 0 Å². The first-order valence-electron chi connectivity index (χ1n) is 9.83. The normalized spacial score (nSPS) is 10.4. The number of halogens is 1. The number of aliphatic carboxylic acids is 1. The summed E-state index contributed by atoms with van der Waals surface area (Å²) in [6.07, 6.45) is -0.281. The molecule has 0 bridgehead atoms. The molecule has 3 rings (SSSR count). The van der Waals surface area contributed by atoms with Crippen molar-refractivity contribution in [3.8, 4) is 5.75 Å². The predicted molar refractivity (Wildman–Crippen MR) is 116 cm³/mol. The van der Waals surface area contributed by atoms with E-state index in [4.69, 9.17) is 16.3 Å². The zero-order valence-electron chi connectivity index (χ0n) is 17.7. The minimum Gasteiger partial charge on any atom is -0.550 e. The molecule has 0 spiro atoms. The number of carboxylic acids is 1. The second kappa shape index (κ2) is 10.8. The molecular formula is C23H27ClN2O4. The third-order valence-electron chi connectivity index (χ3n) is 4.73. The van der Waals surface area contributed by atoms with Crippen molar-refractivity contribution in [3.05, 3.63) is 64.3 Å². The van der Waals surface area contributed by atoms with E-state index in [1.807, 2.05) is 0 Å². The van der Waals surface area contributed by atoms with Crippen LogP contribution in [0.2, 0.25) is 5.02 Å². The Balaban J connectivity index is 0.000000575. The lowest BCUT2D eigenvalue weighted by Crippen LogP contribution is -2.82. The van der Waals surface area contributed by atoms with Gasteiger partial charge in [0.25, 0.3) is 5.91 Å². The van der Waals surface area contributed by atoms with Crippen LogP contribution in [-0.2, 0) is 11.2 Å². The summed E-state index contributed by atoms with van der Waals surface area (Å²) in [7, 11) is 1.53. The number of methoxy groups -OCH3 is 1. The van der Waals surface area contributed by atoms with E-state index in [1.54, 1.807) is 49.4 Å². The van der Waals surface area contributed by atoms with Crippen LogP contribution in [-0.4, -0.2) is 36.6 Å². The number of carbonyl (C=O) groups is 2. The second-order valence-electron chi connectivity index (χ2n) is 6.75. The van der Waals surface area contributed by atoms with Crippen molar-refractivity contribution in [1.29, 1.82) is 0 Å². The molecule has 3 aromatic rings. The maximum Gasteiger partial charge on any atom is 0.262 e. The van der Waals surface area contributed by atoms with E-state index in [-0.39, 0.29) is 12.3 Å². The minimum atomic E-state index is -1.20. The summed E-state index contributed by atoms with van der Waals surface area (Å²) in [6, 6.07) is 11.8. The molecule has 0 atom stereocenters. The monoisotopic (exact) mass is 430 g/mol. The topological polar surface area (TPSA) is 88.0 Å². The molecule has 6 nitrogen and oxygen atoms in total. The molecule has 1 aromatic heterocycles. The van der Waals surface area contributed by atoms with Gasteiger partial charge in [0.05, 0.1) is 25.7 Å². The number of rotatable bonds is 6. The van der Waals surface area contributed by atoms with Gasteiger partial charge in [-0.25, -0.2) is 0 Å². The highest BCUT2D eigenvalue weighted by molar-refractivity contribution is 6.30. The van der Waals surface area contributed by atoms with Crippen molar-refractivity contribution in [2.45, 2.75) is 27.2 Å². The van der Waals surface area contributed by atoms with E-state index in [0.29, 0.717) is 38.5 Å². The van der Waals surface area contributed by atoms with E-state index in [2.05, 4.69) is 19.2 Å². The Morgan fingerprint density at radius 1 is 1.10 bits per heavy atom. The Hall–Kier alpha value is -2.83. The zero-order valence-corrected chi connectivity index (χ0v) is 18.5. The second-order valence-corrected chi connectivity index (χ2v) is 7.18. The van der Waals surface area contributed by atoms with Crippen LogP contribution in [0.25, 0.3) is 10.9 Å². The van der Waals surface area contributed by atoms with Crippen LogP contribution in [0, 0.1) is 6.92 Å². The maximum absolute atomic E-state index is 13.0. The van der Waals surface area contributed by atoms with Crippen molar-refractivity contribution in [2.75, 3.05) is 20.2 Å². The Labute approximate surface area is 181 Å². The Bertz CT molecular complexity index is 1020. The van der Waals surface area contributed by atoms with Gasteiger partial charge in [0, 0.05) is 34.1 Å². The van der Waals surface area contributed by atoms with Crippen molar-refractivity contribution < 1.29 is 24.7 Å². The van der Waals surface area contributed by atoms with Gasteiger partial charge in [-0.15, -0.1) is 0 Å². The lowest BCUT2D eigenvalue weighted by molar-refractivity contribution is -0.648. The average molecular weight is 431 g/mol. The highest BCUT2D eigenvalue weighted by Gasteiger charge is 2.20. The van der Waals surface area contributed by atoms with Crippen LogP contribution in [0.4, 0.5) is 0 Å². The lowest BCUT2D eigenvalue weighted by Gasteiger charge is -2.08. The molecule has 160 valence electrons. The Morgan fingerprint density at radius 2 is 1.73 bits per heavy atom. The number of ether oxygens (including phenoxy) is 1. The average Bonchev–Trinajstić information content (AvgIpc) is 2.99. The highest BCUT2D eigenvalue weighted by Crippen LogP contribution is 2.30. The summed E-state index contributed by atoms with van der Waals surface area (Å²) in [5, 5.41) is 14.6. The summed E-state index contributed by atoms with van der Waals surface area (Å²) in [4.78, 5) is 24.1. The van der Waals surface area contributed by atoms with Gasteiger partial charge >= 0.3 is 0 Å². The number of carbonyl (C=O) groups excluding carboxylic acids is 2. The van der Waals surface area contributed by atoms with Gasteiger partial charge < -0.3 is 20.0 Å². The van der Waals surface area contributed by atoms with E-state index < -0.39 is 5.97 Å². The highest BCUT2D eigenvalue weighted by atomic mass is 35.5. The summed E-state index contributed by atoms with van der Waals surface area (Å²) >= 11 is 5.88. The van der Waals surface area contributed by atoms with E-state index >= 15 is 0 Å². The minimum absolute atomic E-state index is 0.256. The Morgan fingerprint density at radius 3 is 2.23 bits per heavy atom. The molecule has 0 amide bonds. The molecule has 0 saturated carbocycles. The number of hydrogen-bond acceptors (Lipinski definition) is 4. The number of aromatic nitrogens is 1. The molecule has 0 aliphatic heterocycles. The summed E-state index contributed by atoms with van der Waals surface area (Å²) in [6.45, 7) is 8.47. The molecule has 0 aliphatic carbocycles. The smallest absolute Gasteiger partial charge is 0.262 e. The quantitative estimate of drug-likeness (QED) is 0.649. The summed E-state index contributed by atoms with van der Waals surface area (Å²) in [5.41, 5.74) is 2.18. The standard InChI is InChI=1S/C19H16ClNO4.C4H11N/c1-11-15(10-18(22)23)16-9-14(25-2)7-8-17(16)21(11)19(24)12-3-5-13(20)6-4-12;1-3-5-4-2/h3-9H,10H2,1-2H3,(H,22,23);5H,3-4H2,1-2H3. The fourth-order valence-corrected chi connectivity index (χ4v) is 3.35. The van der Waals surface area contributed by atoms with Gasteiger partial charge in [0.15, 0.2) is 0 Å². The van der Waals surface area contributed by atoms with Crippen molar-refractivity contribution >= 4 is 34.4 Å². The first-order valence-corrected chi connectivity index (χ1v) is 10.2. The first-order chi connectivity index (χ1) is 14.3. The van der Waals surface area contributed by atoms with Gasteiger partial charge in [0.1, 0.15) is 5.75 Å². The number of hydrogen-bond donors (Lipinski definition) is 1. The molecule has 0 unspecified atom stereocenters. The summed E-state index contributed by atoms with van der Waals surface area (Å²) < 4.78 is 6.73. The molecular weight excluding hydrogens is 404 g/mol. The number of nitrogens with two attached hydrogens (primary N) is 1. The van der Waals surface area contributed by atoms with Crippen molar-refractivity contribution in [2.24, 2.45) is 0 Å². The fraction of sp³-hybridized carbons (Fsp3) is 0.304. The Kier molecular flexibility index (Phi) is 8.45. The number of benzene rings is 2. The van der Waals surface area contributed by atoms with Crippen LogP contribution in [0.1, 0.15) is 35.5 Å². The molecule has 7 heteroatoms. The van der Waals surface area contributed by atoms with Crippen molar-refractivity contribution in [3.63, 3.8) is 0 Å². The number of nitrogens with zero attached hydrogens (tertiary/aromatic N) is 1.